The van der Waals surface area contributed by atoms with Crippen LogP contribution in [0.15, 0.2) is 60.7 Å². The van der Waals surface area contributed by atoms with Gasteiger partial charge in [-0.15, -0.1) is 0 Å². The third-order valence-corrected chi connectivity index (χ3v) is 5.02. The van der Waals surface area contributed by atoms with Crippen LogP contribution in [-0.2, 0) is 11.3 Å². The van der Waals surface area contributed by atoms with Crippen LogP contribution in [0.4, 0.5) is 4.39 Å². The SMILES string of the molecule is COc1ccc(C2/C=C\CN(CC(C)C)CC(=O)N2Cc2cccc(F)c2)cc1. The molecule has 0 saturated heterocycles. The Bertz CT molecular complexity index is 848. The molecule has 0 aliphatic carbocycles. The molecular formula is C24H29FN2O2. The number of carbonyl (C=O) groups excluding carboxylic acids is 1. The van der Waals surface area contributed by atoms with Gasteiger partial charge in [0.15, 0.2) is 0 Å². The topological polar surface area (TPSA) is 32.8 Å². The van der Waals surface area contributed by atoms with Crippen molar-refractivity contribution in [1.29, 1.82) is 0 Å². The Labute approximate surface area is 172 Å². The highest BCUT2D eigenvalue weighted by atomic mass is 19.1. The fraction of sp³-hybridized carbons (Fsp3) is 0.375. The smallest absolute Gasteiger partial charge is 0.237 e. The summed E-state index contributed by atoms with van der Waals surface area (Å²) in [5, 5.41) is 0. The molecule has 1 unspecified atom stereocenters. The van der Waals surface area contributed by atoms with E-state index < -0.39 is 0 Å². The maximum absolute atomic E-state index is 13.7. The summed E-state index contributed by atoms with van der Waals surface area (Å²) in [4.78, 5) is 17.3. The molecule has 0 spiro atoms. The third-order valence-electron chi connectivity index (χ3n) is 5.02. The van der Waals surface area contributed by atoms with E-state index in [0.29, 0.717) is 19.0 Å². The van der Waals surface area contributed by atoms with Crippen molar-refractivity contribution in [2.45, 2.75) is 26.4 Å². The average molecular weight is 397 g/mol. The van der Waals surface area contributed by atoms with Crippen molar-refractivity contribution in [3.63, 3.8) is 0 Å². The van der Waals surface area contributed by atoms with Gasteiger partial charge >= 0.3 is 0 Å². The van der Waals surface area contributed by atoms with Crippen molar-refractivity contribution in [3.05, 3.63) is 77.6 Å². The van der Waals surface area contributed by atoms with Crippen LogP contribution in [0.1, 0.15) is 31.0 Å². The molecule has 1 aliphatic rings. The Morgan fingerprint density at radius 2 is 1.93 bits per heavy atom. The molecule has 3 rings (SSSR count). The number of halogens is 1. The van der Waals surface area contributed by atoms with E-state index in [1.54, 1.807) is 13.2 Å². The second-order valence-corrected chi connectivity index (χ2v) is 7.89. The lowest BCUT2D eigenvalue weighted by Gasteiger charge is -2.35. The largest absolute Gasteiger partial charge is 0.497 e. The summed E-state index contributed by atoms with van der Waals surface area (Å²) in [7, 11) is 1.63. The maximum Gasteiger partial charge on any atom is 0.237 e. The third kappa shape index (κ3) is 5.67. The zero-order valence-corrected chi connectivity index (χ0v) is 17.3. The summed E-state index contributed by atoms with van der Waals surface area (Å²) in [6, 6.07) is 14.0. The predicted molar refractivity (Wildman–Crippen MR) is 113 cm³/mol. The molecule has 0 fully saturated rings. The second kappa shape index (κ2) is 9.70. The molecule has 2 aromatic rings. The van der Waals surface area contributed by atoms with Gasteiger partial charge in [0.2, 0.25) is 5.91 Å². The van der Waals surface area contributed by atoms with E-state index in [0.717, 1.165) is 30.0 Å². The average Bonchev–Trinajstić information content (AvgIpc) is 2.68. The van der Waals surface area contributed by atoms with E-state index >= 15 is 0 Å². The number of rotatable bonds is 6. The Kier molecular flexibility index (Phi) is 7.04. The summed E-state index contributed by atoms with van der Waals surface area (Å²) in [5.74, 6) is 0.999. The van der Waals surface area contributed by atoms with Gasteiger partial charge in [0.1, 0.15) is 11.6 Å². The Morgan fingerprint density at radius 1 is 1.17 bits per heavy atom. The Hall–Kier alpha value is -2.66. The molecule has 1 aliphatic heterocycles. The fourth-order valence-electron chi connectivity index (χ4n) is 3.71. The lowest BCUT2D eigenvalue weighted by atomic mass is 10.0. The van der Waals surface area contributed by atoms with Crippen LogP contribution in [-0.4, -0.2) is 42.5 Å². The molecule has 0 bridgehead atoms. The number of benzene rings is 2. The fourth-order valence-corrected chi connectivity index (χ4v) is 3.71. The summed E-state index contributed by atoms with van der Waals surface area (Å²) in [6.07, 6.45) is 4.20. The normalized spacial score (nSPS) is 19.1. The van der Waals surface area contributed by atoms with Crippen molar-refractivity contribution in [2.24, 2.45) is 5.92 Å². The van der Waals surface area contributed by atoms with E-state index in [-0.39, 0.29) is 17.8 Å². The molecular weight excluding hydrogens is 367 g/mol. The first kappa shape index (κ1) is 21.1. The standard InChI is InChI=1S/C24H29FN2O2/c1-18(2)15-26-13-5-8-23(20-9-11-22(29-3)12-10-20)27(24(28)17-26)16-19-6-4-7-21(25)14-19/h4-12,14,18,23H,13,15-17H2,1-3H3/b8-5-. The number of hydrogen-bond acceptors (Lipinski definition) is 3. The Morgan fingerprint density at radius 3 is 2.59 bits per heavy atom. The molecule has 0 aromatic heterocycles. The maximum atomic E-state index is 13.7. The minimum absolute atomic E-state index is 0.0417. The highest BCUT2D eigenvalue weighted by molar-refractivity contribution is 5.79. The molecule has 1 heterocycles. The van der Waals surface area contributed by atoms with Gasteiger partial charge in [0.05, 0.1) is 19.7 Å². The molecule has 4 nitrogen and oxygen atoms in total. The van der Waals surface area contributed by atoms with Crippen molar-refractivity contribution in [1.82, 2.24) is 9.80 Å². The zero-order chi connectivity index (χ0) is 20.8. The molecule has 1 amide bonds. The molecule has 29 heavy (non-hydrogen) atoms. The van der Waals surface area contributed by atoms with Crippen molar-refractivity contribution in [2.75, 3.05) is 26.7 Å². The van der Waals surface area contributed by atoms with Gasteiger partial charge < -0.3 is 9.64 Å². The first-order valence-corrected chi connectivity index (χ1v) is 10.0. The molecule has 0 radical (unpaired) electrons. The van der Waals surface area contributed by atoms with Gasteiger partial charge in [0, 0.05) is 19.6 Å². The quantitative estimate of drug-likeness (QED) is 0.677. The molecule has 1 atom stereocenters. The van der Waals surface area contributed by atoms with Crippen LogP contribution in [0, 0.1) is 11.7 Å². The predicted octanol–water partition coefficient (Wildman–Crippen LogP) is 4.43. The summed E-state index contributed by atoms with van der Waals surface area (Å²) in [5.41, 5.74) is 1.78. The summed E-state index contributed by atoms with van der Waals surface area (Å²) >= 11 is 0. The number of amides is 1. The number of hydrogen-bond donors (Lipinski definition) is 0. The summed E-state index contributed by atoms with van der Waals surface area (Å²) in [6.45, 7) is 6.61. The van der Waals surface area contributed by atoms with E-state index in [1.165, 1.54) is 12.1 Å². The monoisotopic (exact) mass is 396 g/mol. The van der Waals surface area contributed by atoms with Gasteiger partial charge in [-0.25, -0.2) is 4.39 Å². The van der Waals surface area contributed by atoms with E-state index in [1.807, 2.05) is 35.2 Å². The Balaban J connectivity index is 1.93. The van der Waals surface area contributed by atoms with Gasteiger partial charge in [-0.05, 0) is 41.3 Å². The van der Waals surface area contributed by atoms with Crippen molar-refractivity contribution in [3.8, 4) is 5.75 Å². The molecule has 2 aromatic carbocycles. The molecule has 5 heteroatoms. The summed E-state index contributed by atoms with van der Waals surface area (Å²) < 4.78 is 19.0. The van der Waals surface area contributed by atoms with E-state index in [2.05, 4.69) is 30.9 Å². The number of nitrogens with zero attached hydrogens (tertiary/aromatic N) is 2. The van der Waals surface area contributed by atoms with Crippen LogP contribution < -0.4 is 4.74 Å². The molecule has 0 N–H and O–H groups in total. The minimum Gasteiger partial charge on any atom is -0.497 e. The van der Waals surface area contributed by atoms with Crippen molar-refractivity contribution >= 4 is 5.91 Å². The van der Waals surface area contributed by atoms with Crippen LogP contribution in [0.2, 0.25) is 0 Å². The molecule has 154 valence electrons. The van der Waals surface area contributed by atoms with Crippen LogP contribution in [0.5, 0.6) is 5.75 Å². The highest BCUT2D eigenvalue weighted by Gasteiger charge is 2.27. The van der Waals surface area contributed by atoms with E-state index in [9.17, 15) is 9.18 Å². The lowest BCUT2D eigenvalue weighted by Crippen LogP contribution is -2.44. The highest BCUT2D eigenvalue weighted by Crippen LogP contribution is 2.28. The second-order valence-electron chi connectivity index (χ2n) is 7.89. The van der Waals surface area contributed by atoms with Gasteiger partial charge in [-0.2, -0.15) is 0 Å². The first-order valence-electron chi connectivity index (χ1n) is 10.0. The van der Waals surface area contributed by atoms with Gasteiger partial charge in [0.25, 0.3) is 0 Å². The van der Waals surface area contributed by atoms with Gasteiger partial charge in [-0.1, -0.05) is 50.3 Å². The van der Waals surface area contributed by atoms with Crippen LogP contribution in [0.3, 0.4) is 0 Å². The lowest BCUT2D eigenvalue weighted by molar-refractivity contribution is -0.135. The van der Waals surface area contributed by atoms with E-state index in [4.69, 9.17) is 4.74 Å². The van der Waals surface area contributed by atoms with Crippen molar-refractivity contribution < 1.29 is 13.9 Å². The number of methoxy groups -OCH3 is 1. The van der Waals surface area contributed by atoms with Gasteiger partial charge in [-0.3, -0.25) is 9.69 Å². The number of ether oxygens (including phenoxy) is 1. The van der Waals surface area contributed by atoms with Crippen LogP contribution >= 0.6 is 0 Å². The minimum atomic E-state index is -0.292. The zero-order valence-electron chi connectivity index (χ0n) is 17.3. The van der Waals surface area contributed by atoms with Crippen LogP contribution in [0.25, 0.3) is 0 Å². The number of carbonyl (C=O) groups is 1. The first-order chi connectivity index (χ1) is 14.0. The molecule has 0 saturated carbocycles.